The Morgan fingerprint density at radius 1 is 1.10 bits per heavy atom. The number of nitrogens with zero attached hydrogens (tertiary/aromatic N) is 1. The van der Waals surface area contributed by atoms with Crippen LogP contribution in [0.2, 0.25) is 10.0 Å². The maximum Gasteiger partial charge on any atom is 0.294 e. The third kappa shape index (κ3) is 2.63. The molecule has 2 aromatic carbocycles. The molecule has 0 aliphatic carbocycles. The molecule has 108 valence electrons. The number of hydrogen-bond acceptors (Lipinski definition) is 3. The van der Waals surface area contributed by atoms with Crippen molar-refractivity contribution in [3.05, 3.63) is 46.4 Å². The topological polar surface area (TPSA) is 83.1 Å². The van der Waals surface area contributed by atoms with Crippen molar-refractivity contribution < 1.29 is 13.0 Å². The van der Waals surface area contributed by atoms with E-state index < -0.39 is 10.1 Å². The Hall–Kier alpha value is -1.60. The highest BCUT2D eigenvalue weighted by Crippen LogP contribution is 2.34. The summed E-state index contributed by atoms with van der Waals surface area (Å²) in [4.78, 5) is 7.06. The van der Waals surface area contributed by atoms with E-state index in [4.69, 9.17) is 27.8 Å². The van der Waals surface area contributed by atoms with Crippen molar-refractivity contribution in [1.29, 1.82) is 0 Å². The second kappa shape index (κ2) is 4.99. The van der Waals surface area contributed by atoms with Crippen LogP contribution in [0.5, 0.6) is 0 Å². The number of fused-ring (bicyclic) bond motifs is 1. The van der Waals surface area contributed by atoms with Gasteiger partial charge in [-0.1, -0.05) is 29.3 Å². The first-order valence-corrected chi connectivity index (χ1v) is 7.97. The van der Waals surface area contributed by atoms with E-state index >= 15 is 0 Å². The number of imidazole rings is 1. The van der Waals surface area contributed by atoms with Crippen LogP contribution in [-0.4, -0.2) is 22.9 Å². The van der Waals surface area contributed by atoms with Gasteiger partial charge in [-0.15, -0.1) is 0 Å². The van der Waals surface area contributed by atoms with Gasteiger partial charge in [0.25, 0.3) is 10.1 Å². The molecule has 5 nitrogen and oxygen atoms in total. The van der Waals surface area contributed by atoms with Gasteiger partial charge < -0.3 is 4.98 Å². The molecule has 1 heterocycles. The lowest BCUT2D eigenvalue weighted by atomic mass is 10.2. The Kier molecular flexibility index (Phi) is 3.41. The van der Waals surface area contributed by atoms with E-state index in [-0.39, 0.29) is 4.90 Å². The summed E-state index contributed by atoms with van der Waals surface area (Å²) in [6, 6.07) is 9.14. The van der Waals surface area contributed by atoms with Crippen molar-refractivity contribution in [3.8, 4) is 11.4 Å². The first-order valence-electron chi connectivity index (χ1n) is 5.78. The van der Waals surface area contributed by atoms with E-state index in [1.807, 2.05) is 0 Å². The van der Waals surface area contributed by atoms with Gasteiger partial charge in [0.1, 0.15) is 5.82 Å². The summed E-state index contributed by atoms with van der Waals surface area (Å²) in [6.07, 6.45) is 0. The van der Waals surface area contributed by atoms with Crippen molar-refractivity contribution in [1.82, 2.24) is 9.97 Å². The Labute approximate surface area is 130 Å². The van der Waals surface area contributed by atoms with Crippen LogP contribution in [0.4, 0.5) is 0 Å². The minimum absolute atomic E-state index is 0.213. The van der Waals surface area contributed by atoms with Crippen LogP contribution >= 0.6 is 23.2 Å². The summed E-state index contributed by atoms with van der Waals surface area (Å²) < 4.78 is 31.3. The van der Waals surface area contributed by atoms with Crippen molar-refractivity contribution in [2.45, 2.75) is 4.90 Å². The predicted molar refractivity (Wildman–Crippen MR) is 81.4 cm³/mol. The maximum atomic E-state index is 11.1. The third-order valence-electron chi connectivity index (χ3n) is 2.95. The zero-order valence-corrected chi connectivity index (χ0v) is 12.7. The lowest BCUT2D eigenvalue weighted by molar-refractivity contribution is 0.483. The molecule has 0 spiro atoms. The van der Waals surface area contributed by atoms with Crippen LogP contribution in [0.3, 0.4) is 0 Å². The molecule has 1 aromatic heterocycles. The standard InChI is InChI=1S/C13H8Cl2N2O3S/c14-8-2-1-3-9(15)12(8)13-16-10-5-4-7(21(18,19)20)6-11(10)17-13/h1-6H,(H,16,17)(H,18,19,20). The van der Waals surface area contributed by atoms with Gasteiger partial charge in [-0.3, -0.25) is 4.55 Å². The number of aromatic amines is 1. The fraction of sp³-hybridized carbons (Fsp3) is 0. The lowest BCUT2D eigenvalue weighted by Crippen LogP contribution is -1.97. The zero-order chi connectivity index (χ0) is 15.2. The van der Waals surface area contributed by atoms with Gasteiger partial charge in [-0.25, -0.2) is 4.98 Å². The van der Waals surface area contributed by atoms with Gasteiger partial charge in [0, 0.05) is 0 Å². The predicted octanol–water partition coefficient (Wildman–Crippen LogP) is 3.78. The minimum Gasteiger partial charge on any atom is -0.338 e. The molecule has 0 saturated heterocycles. The molecule has 0 radical (unpaired) electrons. The van der Waals surface area contributed by atoms with Gasteiger partial charge in [0.15, 0.2) is 0 Å². The van der Waals surface area contributed by atoms with Crippen LogP contribution in [0.25, 0.3) is 22.4 Å². The van der Waals surface area contributed by atoms with E-state index in [1.54, 1.807) is 18.2 Å². The summed E-state index contributed by atoms with van der Waals surface area (Å²) in [5.74, 6) is 0.424. The quantitative estimate of drug-likeness (QED) is 0.694. The number of nitrogens with one attached hydrogen (secondary N) is 1. The van der Waals surface area contributed by atoms with Crippen molar-refractivity contribution in [2.75, 3.05) is 0 Å². The SMILES string of the molecule is O=S(=O)(O)c1ccc2nc(-c3c(Cl)cccc3Cl)[nH]c2c1. The number of aromatic nitrogens is 2. The van der Waals surface area contributed by atoms with Crippen LogP contribution in [0.15, 0.2) is 41.3 Å². The van der Waals surface area contributed by atoms with Gasteiger partial charge >= 0.3 is 0 Å². The van der Waals surface area contributed by atoms with Gasteiger partial charge in [-0.2, -0.15) is 8.42 Å². The van der Waals surface area contributed by atoms with Gasteiger partial charge in [-0.05, 0) is 30.3 Å². The normalized spacial score (nSPS) is 12.0. The second-order valence-corrected chi connectivity index (χ2v) is 6.57. The first kappa shape index (κ1) is 14.3. The van der Waals surface area contributed by atoms with E-state index in [0.29, 0.717) is 32.5 Å². The first-order chi connectivity index (χ1) is 9.86. The Morgan fingerprint density at radius 3 is 2.38 bits per heavy atom. The molecule has 0 saturated carbocycles. The monoisotopic (exact) mass is 342 g/mol. The van der Waals surface area contributed by atoms with E-state index in [0.717, 1.165) is 0 Å². The molecular formula is C13H8Cl2N2O3S. The second-order valence-electron chi connectivity index (χ2n) is 4.34. The highest BCUT2D eigenvalue weighted by Gasteiger charge is 2.15. The Bertz CT molecular complexity index is 931. The molecule has 0 aliphatic rings. The average Bonchev–Trinajstić information content (AvgIpc) is 2.79. The molecule has 0 amide bonds. The minimum atomic E-state index is -4.27. The van der Waals surface area contributed by atoms with Gasteiger partial charge in [0.2, 0.25) is 0 Å². The van der Waals surface area contributed by atoms with E-state index in [9.17, 15) is 8.42 Å². The molecule has 0 bridgehead atoms. The Balaban J connectivity index is 2.23. The van der Waals surface area contributed by atoms with Crippen molar-refractivity contribution in [3.63, 3.8) is 0 Å². The molecule has 3 rings (SSSR count). The molecule has 3 aromatic rings. The fourth-order valence-corrected chi connectivity index (χ4v) is 3.07. The van der Waals surface area contributed by atoms with Crippen LogP contribution in [-0.2, 0) is 10.1 Å². The van der Waals surface area contributed by atoms with Crippen molar-refractivity contribution >= 4 is 44.4 Å². The number of H-pyrrole nitrogens is 1. The zero-order valence-electron chi connectivity index (χ0n) is 10.3. The number of halogens is 2. The number of rotatable bonds is 2. The summed E-state index contributed by atoms with van der Waals surface area (Å²) in [5, 5.41) is 0.855. The fourth-order valence-electron chi connectivity index (χ4n) is 1.99. The van der Waals surface area contributed by atoms with Gasteiger partial charge in [0.05, 0.1) is 31.5 Å². The summed E-state index contributed by atoms with van der Waals surface area (Å²) in [7, 11) is -4.27. The molecule has 8 heteroatoms. The lowest BCUT2D eigenvalue weighted by Gasteiger charge is -2.02. The average molecular weight is 343 g/mol. The van der Waals surface area contributed by atoms with E-state index in [1.165, 1.54) is 18.2 Å². The van der Waals surface area contributed by atoms with E-state index in [2.05, 4.69) is 9.97 Å². The van der Waals surface area contributed by atoms with Crippen LogP contribution in [0.1, 0.15) is 0 Å². The van der Waals surface area contributed by atoms with Crippen molar-refractivity contribution in [2.24, 2.45) is 0 Å². The summed E-state index contributed by atoms with van der Waals surface area (Å²) in [6.45, 7) is 0. The molecular weight excluding hydrogens is 335 g/mol. The largest absolute Gasteiger partial charge is 0.338 e. The highest BCUT2D eigenvalue weighted by atomic mass is 35.5. The molecule has 0 aliphatic heterocycles. The molecule has 2 N–H and O–H groups in total. The Morgan fingerprint density at radius 2 is 1.76 bits per heavy atom. The van der Waals surface area contributed by atoms with Crippen LogP contribution in [0, 0.1) is 0 Å². The molecule has 21 heavy (non-hydrogen) atoms. The molecule has 0 atom stereocenters. The highest BCUT2D eigenvalue weighted by molar-refractivity contribution is 7.85. The number of hydrogen-bond donors (Lipinski definition) is 2. The molecule has 0 unspecified atom stereocenters. The van der Waals surface area contributed by atoms with Crippen LogP contribution < -0.4 is 0 Å². The summed E-state index contributed by atoms with van der Waals surface area (Å²) >= 11 is 12.2. The maximum absolute atomic E-state index is 11.1. The molecule has 0 fully saturated rings. The summed E-state index contributed by atoms with van der Waals surface area (Å²) in [5.41, 5.74) is 1.52. The smallest absolute Gasteiger partial charge is 0.294 e. The third-order valence-corrected chi connectivity index (χ3v) is 4.43. The number of benzene rings is 2.